The molecular weight excluding hydrogens is 308 g/mol. The van der Waals surface area contributed by atoms with E-state index in [1.54, 1.807) is 11.3 Å². The summed E-state index contributed by atoms with van der Waals surface area (Å²) in [5.74, 6) is 0.435. The molecule has 0 aromatic carbocycles. The number of fused-ring (bicyclic) bond motifs is 1. The summed E-state index contributed by atoms with van der Waals surface area (Å²) >= 11 is 1.65. The monoisotopic (exact) mass is 334 g/mol. The lowest BCUT2D eigenvalue weighted by Crippen LogP contribution is -2.35. The summed E-state index contributed by atoms with van der Waals surface area (Å²) in [4.78, 5) is 29.0. The second-order valence-electron chi connectivity index (χ2n) is 6.64. The van der Waals surface area contributed by atoms with E-state index in [2.05, 4.69) is 18.3 Å². The summed E-state index contributed by atoms with van der Waals surface area (Å²) in [5, 5.41) is 3.00. The molecule has 5 heteroatoms. The fourth-order valence-electron chi connectivity index (χ4n) is 3.50. The van der Waals surface area contributed by atoms with Crippen LogP contribution >= 0.6 is 11.3 Å². The first-order chi connectivity index (χ1) is 11.2. The fraction of sp³-hybridized carbons (Fsp3) is 0.667. The lowest BCUT2D eigenvalue weighted by molar-refractivity contribution is -0.125. The van der Waals surface area contributed by atoms with E-state index in [1.807, 2.05) is 4.90 Å². The number of hydrogen-bond donors (Lipinski definition) is 1. The molecule has 0 saturated carbocycles. The maximum absolute atomic E-state index is 12.6. The molecule has 1 saturated heterocycles. The molecule has 0 unspecified atom stereocenters. The van der Waals surface area contributed by atoms with E-state index in [0.29, 0.717) is 0 Å². The summed E-state index contributed by atoms with van der Waals surface area (Å²) < 4.78 is 0. The molecule has 2 amide bonds. The first-order valence-electron chi connectivity index (χ1n) is 8.87. The van der Waals surface area contributed by atoms with Gasteiger partial charge in [-0.05, 0) is 56.6 Å². The SMILES string of the molecule is CCCNC(=O)[C@@H]1CCc2sc(C(=O)N3CCCCC3)cc2C1. The molecule has 1 N–H and O–H groups in total. The minimum Gasteiger partial charge on any atom is -0.356 e. The third-order valence-electron chi connectivity index (χ3n) is 4.86. The van der Waals surface area contributed by atoms with E-state index >= 15 is 0 Å². The molecule has 23 heavy (non-hydrogen) atoms. The Morgan fingerprint density at radius 3 is 2.83 bits per heavy atom. The van der Waals surface area contributed by atoms with Crippen LogP contribution in [-0.2, 0) is 17.6 Å². The Hall–Kier alpha value is -1.36. The normalized spacial score (nSPS) is 20.9. The third kappa shape index (κ3) is 3.77. The van der Waals surface area contributed by atoms with Gasteiger partial charge >= 0.3 is 0 Å². The van der Waals surface area contributed by atoms with Crippen molar-refractivity contribution >= 4 is 23.2 Å². The Kier molecular flexibility index (Phi) is 5.36. The topological polar surface area (TPSA) is 49.4 Å². The van der Waals surface area contributed by atoms with Gasteiger partial charge in [0, 0.05) is 30.4 Å². The predicted octanol–water partition coefficient (Wildman–Crippen LogP) is 3.01. The Morgan fingerprint density at radius 2 is 2.09 bits per heavy atom. The zero-order valence-electron chi connectivity index (χ0n) is 13.9. The van der Waals surface area contributed by atoms with Gasteiger partial charge in [0.2, 0.25) is 5.91 Å². The molecule has 1 atom stereocenters. The van der Waals surface area contributed by atoms with E-state index in [-0.39, 0.29) is 17.7 Å². The van der Waals surface area contributed by atoms with Crippen LogP contribution in [0.1, 0.15) is 59.1 Å². The van der Waals surface area contributed by atoms with E-state index in [4.69, 9.17) is 0 Å². The van der Waals surface area contributed by atoms with Crippen molar-refractivity contribution in [2.24, 2.45) is 5.92 Å². The van der Waals surface area contributed by atoms with Crippen molar-refractivity contribution in [1.29, 1.82) is 0 Å². The number of aryl methyl sites for hydroxylation is 1. The number of amides is 2. The quantitative estimate of drug-likeness (QED) is 0.920. The van der Waals surface area contributed by atoms with E-state index < -0.39 is 0 Å². The standard InChI is InChI=1S/C18H26N2O2S/c1-2-8-19-17(21)13-6-7-15-14(11-13)12-16(23-15)18(22)20-9-4-3-5-10-20/h12-13H,2-11H2,1H3,(H,19,21)/t13-/m1/s1. The number of piperidine rings is 1. The van der Waals surface area contributed by atoms with Crippen LogP contribution in [0.5, 0.6) is 0 Å². The highest BCUT2D eigenvalue weighted by Crippen LogP contribution is 2.33. The van der Waals surface area contributed by atoms with Gasteiger partial charge in [0.1, 0.15) is 0 Å². The number of carbonyl (C=O) groups excluding carboxylic acids is 2. The third-order valence-corrected chi connectivity index (χ3v) is 6.08. The summed E-state index contributed by atoms with van der Waals surface area (Å²) in [6.45, 7) is 4.61. The molecule has 0 bridgehead atoms. The number of hydrogen-bond acceptors (Lipinski definition) is 3. The van der Waals surface area contributed by atoms with Crippen LogP contribution < -0.4 is 5.32 Å². The average molecular weight is 334 g/mol. The minimum atomic E-state index is 0.0709. The minimum absolute atomic E-state index is 0.0709. The van der Waals surface area contributed by atoms with Gasteiger partial charge < -0.3 is 10.2 Å². The summed E-state index contributed by atoms with van der Waals surface area (Å²) in [6.07, 6.45) is 7.06. The average Bonchev–Trinajstić information content (AvgIpc) is 3.02. The first-order valence-corrected chi connectivity index (χ1v) is 9.69. The predicted molar refractivity (Wildman–Crippen MR) is 92.9 cm³/mol. The molecule has 126 valence electrons. The molecule has 1 aliphatic heterocycles. The highest BCUT2D eigenvalue weighted by molar-refractivity contribution is 7.14. The summed E-state index contributed by atoms with van der Waals surface area (Å²) in [6, 6.07) is 2.05. The molecule has 2 heterocycles. The number of likely N-dealkylation sites (tertiary alicyclic amines) is 1. The van der Waals surface area contributed by atoms with Gasteiger partial charge in [-0.1, -0.05) is 6.92 Å². The Balaban J connectivity index is 1.66. The molecule has 1 aromatic heterocycles. The highest BCUT2D eigenvalue weighted by Gasteiger charge is 2.28. The largest absolute Gasteiger partial charge is 0.356 e. The molecule has 4 nitrogen and oxygen atoms in total. The van der Waals surface area contributed by atoms with Crippen LogP contribution in [0, 0.1) is 5.92 Å². The number of thiophene rings is 1. The van der Waals surface area contributed by atoms with Crippen molar-refractivity contribution < 1.29 is 9.59 Å². The maximum atomic E-state index is 12.6. The van der Waals surface area contributed by atoms with Crippen molar-refractivity contribution in [2.45, 2.75) is 51.9 Å². The highest BCUT2D eigenvalue weighted by atomic mass is 32.1. The van der Waals surface area contributed by atoms with Crippen molar-refractivity contribution in [3.05, 3.63) is 21.4 Å². The Labute approximate surface area is 142 Å². The summed E-state index contributed by atoms with van der Waals surface area (Å²) in [7, 11) is 0. The van der Waals surface area contributed by atoms with E-state index in [9.17, 15) is 9.59 Å². The maximum Gasteiger partial charge on any atom is 0.263 e. The first kappa shape index (κ1) is 16.5. The molecular formula is C18H26N2O2S. The zero-order valence-corrected chi connectivity index (χ0v) is 14.7. The number of nitrogens with zero attached hydrogens (tertiary/aromatic N) is 1. The molecule has 3 rings (SSSR count). The van der Waals surface area contributed by atoms with Crippen molar-refractivity contribution in [3.63, 3.8) is 0 Å². The Morgan fingerprint density at radius 1 is 1.30 bits per heavy atom. The molecule has 0 spiro atoms. The zero-order chi connectivity index (χ0) is 16.2. The van der Waals surface area contributed by atoms with Crippen LogP contribution in [-0.4, -0.2) is 36.3 Å². The van der Waals surface area contributed by atoms with Crippen LogP contribution in [0.2, 0.25) is 0 Å². The van der Waals surface area contributed by atoms with Gasteiger partial charge in [0.05, 0.1) is 4.88 Å². The van der Waals surface area contributed by atoms with Crippen LogP contribution in [0.4, 0.5) is 0 Å². The molecule has 2 aliphatic rings. The van der Waals surface area contributed by atoms with E-state index in [1.165, 1.54) is 16.9 Å². The van der Waals surface area contributed by atoms with Gasteiger partial charge in [0.15, 0.2) is 0 Å². The molecule has 1 fully saturated rings. The summed E-state index contributed by atoms with van der Waals surface area (Å²) in [5.41, 5.74) is 1.22. The molecule has 0 radical (unpaired) electrons. The van der Waals surface area contributed by atoms with Gasteiger partial charge in [-0.2, -0.15) is 0 Å². The van der Waals surface area contributed by atoms with Crippen LogP contribution in [0.15, 0.2) is 6.07 Å². The Bertz CT molecular complexity index is 576. The fourth-order valence-corrected chi connectivity index (χ4v) is 4.67. The van der Waals surface area contributed by atoms with E-state index in [0.717, 1.165) is 63.0 Å². The van der Waals surface area contributed by atoms with Crippen molar-refractivity contribution in [3.8, 4) is 0 Å². The van der Waals surface area contributed by atoms with Crippen LogP contribution in [0.25, 0.3) is 0 Å². The second-order valence-corrected chi connectivity index (χ2v) is 7.78. The lowest BCUT2D eigenvalue weighted by Gasteiger charge is -2.26. The van der Waals surface area contributed by atoms with Crippen LogP contribution in [0.3, 0.4) is 0 Å². The van der Waals surface area contributed by atoms with Gasteiger partial charge in [-0.15, -0.1) is 11.3 Å². The van der Waals surface area contributed by atoms with Gasteiger partial charge in [0.25, 0.3) is 5.91 Å². The van der Waals surface area contributed by atoms with Gasteiger partial charge in [-0.25, -0.2) is 0 Å². The second kappa shape index (κ2) is 7.47. The van der Waals surface area contributed by atoms with Gasteiger partial charge in [-0.3, -0.25) is 9.59 Å². The molecule has 1 aliphatic carbocycles. The number of nitrogens with one attached hydrogen (secondary N) is 1. The number of rotatable bonds is 4. The molecule has 1 aromatic rings. The lowest BCUT2D eigenvalue weighted by atomic mass is 9.87. The van der Waals surface area contributed by atoms with Crippen molar-refractivity contribution in [2.75, 3.05) is 19.6 Å². The smallest absolute Gasteiger partial charge is 0.263 e. The number of carbonyl (C=O) groups is 2. The van der Waals surface area contributed by atoms with Crippen molar-refractivity contribution in [1.82, 2.24) is 10.2 Å².